The van der Waals surface area contributed by atoms with Crippen LogP contribution in [0.4, 0.5) is 11.4 Å². The van der Waals surface area contributed by atoms with E-state index in [1.807, 2.05) is 39.0 Å². The van der Waals surface area contributed by atoms with Crippen molar-refractivity contribution in [3.8, 4) is 0 Å². The number of imide groups is 1. The molecule has 0 radical (unpaired) electrons. The van der Waals surface area contributed by atoms with Gasteiger partial charge in [-0.25, -0.2) is 4.90 Å². The zero-order valence-corrected chi connectivity index (χ0v) is 19.0. The molecule has 1 N–H and O–H groups in total. The average Bonchev–Trinajstić information content (AvgIpc) is 3.46. The van der Waals surface area contributed by atoms with Crippen LogP contribution < -0.4 is 10.2 Å². The van der Waals surface area contributed by atoms with Crippen molar-refractivity contribution in [1.29, 1.82) is 0 Å². The van der Waals surface area contributed by atoms with E-state index < -0.39 is 17.4 Å². The Bertz CT molecular complexity index is 1240. The minimum Gasteiger partial charge on any atom is -0.324 e. The number of carbonyl (C=O) groups is 3. The number of aryl methyl sites for hydroxylation is 2. The molecule has 6 nitrogen and oxygen atoms in total. The van der Waals surface area contributed by atoms with Crippen molar-refractivity contribution < 1.29 is 14.4 Å². The maximum atomic E-state index is 14.0. The van der Waals surface area contributed by atoms with Gasteiger partial charge in [0.25, 0.3) is 0 Å². The predicted octanol–water partition coefficient (Wildman–Crippen LogP) is 3.70. The zero-order chi connectivity index (χ0) is 22.5. The molecule has 3 saturated heterocycles. The second kappa shape index (κ2) is 6.42. The third kappa shape index (κ3) is 2.17. The molecule has 164 valence electrons. The fraction of sp³-hybridized carbons (Fsp3) is 0.400. The van der Waals surface area contributed by atoms with Gasteiger partial charge in [0.1, 0.15) is 5.54 Å². The summed E-state index contributed by atoms with van der Waals surface area (Å²) in [6.07, 6.45) is 1.71. The zero-order valence-electron chi connectivity index (χ0n) is 18.2. The Labute approximate surface area is 191 Å². The Kier molecular flexibility index (Phi) is 4.00. The standard InChI is InChI=1S/C25H24ClN3O3/c1-12-7-9-16-21(14(12)3)27-24(32)25(16)20-19(17-5-4-10-28(17)25)22(30)29(23(20)31)18-11-15(26)8-6-13(18)2/h6-9,11,17,19-20H,4-5,10H2,1-3H3,(H,27,32)/t17-,19+,20+,25+/m0/s1. The molecule has 4 aliphatic rings. The number of anilines is 2. The van der Waals surface area contributed by atoms with Gasteiger partial charge in [0.2, 0.25) is 17.7 Å². The van der Waals surface area contributed by atoms with E-state index in [9.17, 15) is 14.4 Å². The maximum absolute atomic E-state index is 14.0. The molecule has 1 spiro atoms. The maximum Gasteiger partial charge on any atom is 0.250 e. The lowest BCUT2D eigenvalue weighted by molar-refractivity contribution is -0.135. The molecule has 0 bridgehead atoms. The second-order valence-corrected chi connectivity index (χ2v) is 9.94. The largest absolute Gasteiger partial charge is 0.324 e. The van der Waals surface area contributed by atoms with Crippen LogP contribution in [0.1, 0.15) is 35.1 Å². The highest BCUT2D eigenvalue weighted by Crippen LogP contribution is 2.61. The van der Waals surface area contributed by atoms with Crippen LogP contribution in [0.5, 0.6) is 0 Å². The topological polar surface area (TPSA) is 69.7 Å². The van der Waals surface area contributed by atoms with E-state index in [0.29, 0.717) is 17.3 Å². The minimum absolute atomic E-state index is 0.126. The van der Waals surface area contributed by atoms with Crippen LogP contribution in [-0.4, -0.2) is 35.2 Å². The van der Waals surface area contributed by atoms with E-state index in [1.54, 1.807) is 12.1 Å². The minimum atomic E-state index is -1.15. The van der Waals surface area contributed by atoms with Crippen LogP contribution in [0.3, 0.4) is 0 Å². The highest BCUT2D eigenvalue weighted by atomic mass is 35.5. The monoisotopic (exact) mass is 449 g/mol. The molecule has 4 atom stereocenters. The molecule has 0 aliphatic carbocycles. The fourth-order valence-electron chi connectivity index (χ4n) is 6.58. The average molecular weight is 450 g/mol. The highest BCUT2D eigenvalue weighted by molar-refractivity contribution is 6.32. The lowest BCUT2D eigenvalue weighted by Gasteiger charge is -2.36. The summed E-state index contributed by atoms with van der Waals surface area (Å²) in [5, 5.41) is 3.56. The smallest absolute Gasteiger partial charge is 0.250 e. The number of fused-ring (bicyclic) bond motifs is 7. The van der Waals surface area contributed by atoms with Crippen LogP contribution in [-0.2, 0) is 19.9 Å². The molecule has 6 rings (SSSR count). The van der Waals surface area contributed by atoms with Crippen molar-refractivity contribution in [1.82, 2.24) is 4.90 Å². The molecule has 32 heavy (non-hydrogen) atoms. The van der Waals surface area contributed by atoms with Gasteiger partial charge in [-0.15, -0.1) is 0 Å². The Morgan fingerprint density at radius 1 is 1.03 bits per heavy atom. The SMILES string of the molecule is Cc1ccc(Cl)cc1N1C(=O)[C@@H]2[C@@H]3CCCN3[C@@]3(C(=O)Nc4c3ccc(C)c4C)[C@H]2C1=O. The lowest BCUT2D eigenvalue weighted by atomic mass is 9.75. The van der Waals surface area contributed by atoms with E-state index in [-0.39, 0.29) is 23.8 Å². The second-order valence-electron chi connectivity index (χ2n) is 9.50. The van der Waals surface area contributed by atoms with Gasteiger partial charge in [-0.3, -0.25) is 19.3 Å². The molecule has 3 amide bonds. The first kappa shape index (κ1) is 19.9. The molecule has 4 heterocycles. The van der Waals surface area contributed by atoms with Gasteiger partial charge < -0.3 is 5.32 Å². The Morgan fingerprint density at radius 3 is 2.56 bits per heavy atom. The Balaban J connectivity index is 1.58. The summed E-state index contributed by atoms with van der Waals surface area (Å²) in [5.41, 5.74) is 3.88. The number of nitrogens with one attached hydrogen (secondary N) is 1. The molecule has 3 fully saturated rings. The van der Waals surface area contributed by atoms with Crippen molar-refractivity contribution in [2.45, 2.75) is 45.2 Å². The summed E-state index contributed by atoms with van der Waals surface area (Å²) in [6, 6.07) is 9.08. The van der Waals surface area contributed by atoms with E-state index in [4.69, 9.17) is 11.6 Å². The van der Waals surface area contributed by atoms with Crippen molar-refractivity contribution in [2.75, 3.05) is 16.8 Å². The van der Waals surface area contributed by atoms with Crippen molar-refractivity contribution in [3.05, 3.63) is 57.6 Å². The first-order valence-electron chi connectivity index (χ1n) is 11.1. The summed E-state index contributed by atoms with van der Waals surface area (Å²) >= 11 is 6.22. The van der Waals surface area contributed by atoms with Gasteiger partial charge in [0.15, 0.2) is 0 Å². The van der Waals surface area contributed by atoms with Crippen LogP contribution in [0.2, 0.25) is 5.02 Å². The summed E-state index contributed by atoms with van der Waals surface area (Å²) < 4.78 is 0. The molecule has 2 aromatic rings. The predicted molar refractivity (Wildman–Crippen MR) is 122 cm³/mol. The number of benzene rings is 2. The van der Waals surface area contributed by atoms with E-state index in [1.165, 1.54) is 4.90 Å². The Hall–Kier alpha value is -2.70. The summed E-state index contributed by atoms with van der Waals surface area (Å²) in [6.45, 7) is 6.57. The Morgan fingerprint density at radius 2 is 1.78 bits per heavy atom. The third-order valence-electron chi connectivity index (χ3n) is 8.11. The number of nitrogens with zero attached hydrogens (tertiary/aromatic N) is 2. The summed E-state index contributed by atoms with van der Waals surface area (Å²) in [4.78, 5) is 45.0. The molecule has 0 aromatic heterocycles. The lowest BCUT2D eigenvalue weighted by Crippen LogP contribution is -2.54. The van der Waals surface area contributed by atoms with Crippen LogP contribution >= 0.6 is 11.6 Å². The molecule has 4 aliphatic heterocycles. The first-order chi connectivity index (χ1) is 15.3. The van der Waals surface area contributed by atoms with Crippen molar-refractivity contribution >= 4 is 40.7 Å². The first-order valence-corrected chi connectivity index (χ1v) is 11.5. The molecule has 0 unspecified atom stereocenters. The normalized spacial score (nSPS) is 30.8. The summed E-state index contributed by atoms with van der Waals surface area (Å²) in [7, 11) is 0. The number of hydrogen-bond acceptors (Lipinski definition) is 4. The van der Waals surface area contributed by atoms with Gasteiger partial charge in [0.05, 0.1) is 17.5 Å². The summed E-state index contributed by atoms with van der Waals surface area (Å²) in [5.74, 6) is -2.00. The van der Waals surface area contributed by atoms with Crippen LogP contribution in [0, 0.1) is 32.6 Å². The van der Waals surface area contributed by atoms with Gasteiger partial charge >= 0.3 is 0 Å². The van der Waals surface area contributed by atoms with Crippen molar-refractivity contribution in [2.24, 2.45) is 11.8 Å². The number of hydrogen-bond donors (Lipinski definition) is 1. The van der Waals surface area contributed by atoms with Crippen molar-refractivity contribution in [3.63, 3.8) is 0 Å². The van der Waals surface area contributed by atoms with Gasteiger partial charge in [0, 0.05) is 22.3 Å². The molecular weight excluding hydrogens is 426 g/mol. The molecule has 0 saturated carbocycles. The molecule has 2 aromatic carbocycles. The molecule has 7 heteroatoms. The van der Waals surface area contributed by atoms with Crippen LogP contribution in [0.25, 0.3) is 0 Å². The van der Waals surface area contributed by atoms with E-state index in [2.05, 4.69) is 10.2 Å². The third-order valence-corrected chi connectivity index (χ3v) is 8.35. The van der Waals surface area contributed by atoms with E-state index >= 15 is 0 Å². The van der Waals surface area contributed by atoms with Gasteiger partial charge in [-0.1, -0.05) is 29.8 Å². The number of halogens is 1. The number of carbonyl (C=O) groups excluding carboxylic acids is 3. The number of rotatable bonds is 1. The van der Waals surface area contributed by atoms with Gasteiger partial charge in [-0.2, -0.15) is 0 Å². The van der Waals surface area contributed by atoms with E-state index in [0.717, 1.165) is 40.8 Å². The fourth-order valence-corrected chi connectivity index (χ4v) is 6.75. The van der Waals surface area contributed by atoms with Crippen LogP contribution in [0.15, 0.2) is 30.3 Å². The quantitative estimate of drug-likeness (QED) is 0.674. The number of amides is 3. The molecular formula is C25H24ClN3O3. The van der Waals surface area contributed by atoms with Gasteiger partial charge in [-0.05, 0) is 69.0 Å². The highest BCUT2D eigenvalue weighted by Gasteiger charge is 2.74.